The summed E-state index contributed by atoms with van der Waals surface area (Å²) >= 11 is 5.52. The third-order valence-corrected chi connectivity index (χ3v) is 9.05. The van der Waals surface area contributed by atoms with Crippen LogP contribution in [0.2, 0.25) is 0 Å². The van der Waals surface area contributed by atoms with Gasteiger partial charge in [-0.1, -0.05) is 50.5 Å². The molecule has 0 unspecified atom stereocenters. The molecule has 0 saturated heterocycles. The lowest BCUT2D eigenvalue weighted by atomic mass is 10.1. The summed E-state index contributed by atoms with van der Waals surface area (Å²) in [5.41, 5.74) is 2.62. The molecule has 0 amide bonds. The van der Waals surface area contributed by atoms with E-state index < -0.39 is 8.80 Å². The zero-order chi connectivity index (χ0) is 18.3. The first-order valence-electron chi connectivity index (χ1n) is 8.64. The predicted molar refractivity (Wildman–Crippen MR) is 112 cm³/mol. The Hall–Kier alpha value is -0.503. The number of hydrogen-bond donors (Lipinski definition) is 0. The van der Waals surface area contributed by atoms with Crippen LogP contribution in [0.25, 0.3) is 10.4 Å². The van der Waals surface area contributed by atoms with Gasteiger partial charge in [0.1, 0.15) is 0 Å². The van der Waals surface area contributed by atoms with Crippen LogP contribution >= 0.6 is 27.3 Å². The summed E-state index contributed by atoms with van der Waals surface area (Å²) in [6.07, 6.45) is 6.30. The maximum absolute atomic E-state index is 5.54. The first-order valence-corrected chi connectivity index (χ1v) is 12.0. The fourth-order valence-corrected chi connectivity index (χ4v) is 6.46. The SMILES string of the molecule is CCCCCCc1cc(-c2ccc([Si](OC)(OC)OC)cc2)sc1Br. The fraction of sp³-hybridized carbons (Fsp3) is 0.474. The van der Waals surface area contributed by atoms with E-state index in [0.717, 1.165) is 11.6 Å². The first kappa shape index (κ1) is 20.8. The second-order valence-electron chi connectivity index (χ2n) is 5.97. The van der Waals surface area contributed by atoms with E-state index in [-0.39, 0.29) is 0 Å². The molecule has 3 nitrogen and oxygen atoms in total. The monoisotopic (exact) mass is 442 g/mol. The Morgan fingerprint density at radius 3 is 2.16 bits per heavy atom. The van der Waals surface area contributed by atoms with Crippen LogP contribution in [0.5, 0.6) is 0 Å². The second kappa shape index (κ2) is 9.99. The lowest BCUT2D eigenvalue weighted by Crippen LogP contribution is -2.54. The van der Waals surface area contributed by atoms with E-state index in [9.17, 15) is 0 Å². The molecule has 0 spiro atoms. The summed E-state index contributed by atoms with van der Waals surface area (Å²) in [4.78, 5) is 1.28. The van der Waals surface area contributed by atoms with Crippen LogP contribution in [0.15, 0.2) is 34.1 Å². The Morgan fingerprint density at radius 2 is 1.60 bits per heavy atom. The van der Waals surface area contributed by atoms with Crippen LogP contribution in [-0.2, 0) is 19.7 Å². The maximum atomic E-state index is 5.54. The molecule has 0 bridgehead atoms. The fourth-order valence-electron chi connectivity index (χ4n) is 2.90. The highest BCUT2D eigenvalue weighted by molar-refractivity contribution is 9.11. The molecule has 2 aromatic rings. The molecular formula is C19H27BrO3SSi. The van der Waals surface area contributed by atoms with E-state index in [4.69, 9.17) is 13.3 Å². The van der Waals surface area contributed by atoms with E-state index in [1.54, 1.807) is 32.7 Å². The summed E-state index contributed by atoms with van der Waals surface area (Å²) in [5, 5.41) is 0.971. The lowest BCUT2D eigenvalue weighted by Gasteiger charge is -2.24. The molecule has 1 heterocycles. The number of hydrogen-bond acceptors (Lipinski definition) is 4. The van der Waals surface area contributed by atoms with Crippen molar-refractivity contribution in [3.63, 3.8) is 0 Å². The highest BCUT2D eigenvalue weighted by atomic mass is 79.9. The number of unbranched alkanes of at least 4 members (excludes halogenated alkanes) is 3. The Balaban J connectivity index is 2.14. The van der Waals surface area contributed by atoms with Gasteiger partial charge >= 0.3 is 8.80 Å². The molecule has 0 N–H and O–H groups in total. The van der Waals surface area contributed by atoms with E-state index in [2.05, 4.69) is 41.1 Å². The molecule has 138 valence electrons. The molecule has 25 heavy (non-hydrogen) atoms. The molecule has 1 aromatic heterocycles. The van der Waals surface area contributed by atoms with Gasteiger partial charge in [-0.25, -0.2) is 0 Å². The average Bonchev–Trinajstić information content (AvgIpc) is 3.02. The van der Waals surface area contributed by atoms with E-state index >= 15 is 0 Å². The molecule has 2 rings (SSSR count). The zero-order valence-electron chi connectivity index (χ0n) is 15.4. The number of rotatable bonds is 10. The van der Waals surface area contributed by atoms with Gasteiger partial charge < -0.3 is 13.3 Å². The summed E-state index contributed by atoms with van der Waals surface area (Å²) in [6.45, 7) is 2.25. The van der Waals surface area contributed by atoms with Gasteiger partial charge in [-0.05, 0) is 46.0 Å². The van der Waals surface area contributed by atoms with Crippen LogP contribution in [0.1, 0.15) is 38.2 Å². The molecule has 0 radical (unpaired) electrons. The Labute approximate surface area is 164 Å². The predicted octanol–water partition coefficient (Wildman–Crippen LogP) is 5.39. The van der Waals surface area contributed by atoms with Crippen LogP contribution < -0.4 is 5.19 Å². The molecular weight excluding hydrogens is 416 g/mol. The average molecular weight is 443 g/mol. The van der Waals surface area contributed by atoms with Crippen molar-refractivity contribution in [3.8, 4) is 10.4 Å². The standard InChI is InChI=1S/C19H27BrO3SSi/c1-5-6-7-8-9-16-14-18(24-19(16)20)15-10-12-17(13-11-15)25(21-2,22-3)23-4/h10-14H,5-9H2,1-4H3. The first-order chi connectivity index (χ1) is 12.1. The van der Waals surface area contributed by atoms with E-state index in [0.29, 0.717) is 0 Å². The van der Waals surface area contributed by atoms with Crippen LogP contribution in [0, 0.1) is 0 Å². The highest BCUT2D eigenvalue weighted by Crippen LogP contribution is 2.36. The van der Waals surface area contributed by atoms with Crippen LogP contribution in [0.4, 0.5) is 0 Å². The summed E-state index contributed by atoms with van der Waals surface area (Å²) in [7, 11) is 2.15. The molecule has 0 saturated carbocycles. The molecule has 0 aliphatic heterocycles. The second-order valence-corrected chi connectivity index (χ2v) is 11.3. The Bertz CT molecular complexity index is 645. The smallest absolute Gasteiger partial charge is 0.373 e. The normalized spacial score (nSPS) is 11.9. The van der Waals surface area contributed by atoms with Crippen LogP contribution in [-0.4, -0.2) is 30.1 Å². The van der Waals surface area contributed by atoms with Crippen molar-refractivity contribution in [1.82, 2.24) is 0 Å². The lowest BCUT2D eigenvalue weighted by molar-refractivity contribution is 0.140. The number of thiophene rings is 1. The van der Waals surface area contributed by atoms with Crippen molar-refractivity contribution < 1.29 is 13.3 Å². The van der Waals surface area contributed by atoms with Crippen molar-refractivity contribution >= 4 is 41.3 Å². The van der Waals surface area contributed by atoms with E-state index in [1.165, 1.54) is 45.5 Å². The molecule has 0 fully saturated rings. The third kappa shape index (κ3) is 5.02. The minimum atomic E-state index is -2.75. The van der Waals surface area contributed by atoms with Gasteiger partial charge in [-0.15, -0.1) is 11.3 Å². The Morgan fingerprint density at radius 1 is 0.960 bits per heavy atom. The van der Waals surface area contributed by atoms with Gasteiger partial charge in [-0.2, -0.15) is 0 Å². The van der Waals surface area contributed by atoms with Crippen molar-refractivity contribution in [2.45, 2.75) is 39.0 Å². The Kier molecular flexibility index (Phi) is 8.32. The van der Waals surface area contributed by atoms with Crippen molar-refractivity contribution in [2.24, 2.45) is 0 Å². The van der Waals surface area contributed by atoms with E-state index in [1.807, 2.05) is 12.1 Å². The molecule has 0 atom stereocenters. The molecule has 0 aliphatic carbocycles. The van der Waals surface area contributed by atoms with Gasteiger partial charge in [0.25, 0.3) is 0 Å². The molecule has 6 heteroatoms. The number of halogens is 1. The molecule has 1 aromatic carbocycles. The largest absolute Gasteiger partial charge is 0.536 e. The number of benzene rings is 1. The van der Waals surface area contributed by atoms with Gasteiger partial charge in [0.2, 0.25) is 0 Å². The van der Waals surface area contributed by atoms with Crippen molar-refractivity contribution in [3.05, 3.63) is 39.7 Å². The summed E-state index contributed by atoms with van der Waals surface area (Å²) in [6, 6.07) is 10.6. The van der Waals surface area contributed by atoms with Gasteiger partial charge in [-0.3, -0.25) is 0 Å². The zero-order valence-corrected chi connectivity index (χ0v) is 18.8. The maximum Gasteiger partial charge on any atom is 0.536 e. The number of aryl methyl sites for hydroxylation is 1. The summed E-state index contributed by atoms with van der Waals surface area (Å²) in [5.74, 6) is 0. The van der Waals surface area contributed by atoms with Gasteiger partial charge in [0, 0.05) is 31.4 Å². The van der Waals surface area contributed by atoms with Crippen molar-refractivity contribution in [1.29, 1.82) is 0 Å². The molecule has 0 aliphatic rings. The topological polar surface area (TPSA) is 27.7 Å². The van der Waals surface area contributed by atoms with Gasteiger partial charge in [0.15, 0.2) is 0 Å². The minimum Gasteiger partial charge on any atom is -0.373 e. The quantitative estimate of drug-likeness (QED) is 0.364. The highest BCUT2D eigenvalue weighted by Gasteiger charge is 2.40. The van der Waals surface area contributed by atoms with Gasteiger partial charge in [0.05, 0.1) is 3.79 Å². The minimum absolute atomic E-state index is 0.971. The van der Waals surface area contributed by atoms with Crippen molar-refractivity contribution in [2.75, 3.05) is 21.3 Å². The van der Waals surface area contributed by atoms with Crippen LogP contribution in [0.3, 0.4) is 0 Å². The third-order valence-electron chi connectivity index (χ3n) is 4.39. The summed E-state index contributed by atoms with van der Waals surface area (Å²) < 4.78 is 17.9.